The van der Waals surface area contributed by atoms with Crippen LogP contribution < -0.4 is 9.44 Å². The van der Waals surface area contributed by atoms with E-state index >= 15 is 0 Å². The summed E-state index contributed by atoms with van der Waals surface area (Å²) >= 11 is 12.1. The second-order valence-corrected chi connectivity index (χ2v) is 9.79. The lowest BCUT2D eigenvalue weighted by Crippen LogP contribution is -2.50. The largest absolute Gasteiger partial charge is 0.444 e. The molecule has 1 aromatic carbocycles. The number of rotatable bonds is 4. The molecular weight excluding hydrogens is 429 g/mol. The summed E-state index contributed by atoms with van der Waals surface area (Å²) in [5.74, 6) is 0. The molecule has 2 N–H and O–H groups in total. The second kappa shape index (κ2) is 9.15. The summed E-state index contributed by atoms with van der Waals surface area (Å²) in [5.41, 5.74) is -0.0305. The maximum atomic E-state index is 12.5. The first-order chi connectivity index (χ1) is 12.9. The lowest BCUT2D eigenvalue weighted by molar-refractivity contribution is 0.0231. The summed E-state index contributed by atoms with van der Waals surface area (Å²) < 4.78 is 40.3. The maximum Gasteiger partial charge on any atom is 0.410 e. The number of benzene rings is 1. The van der Waals surface area contributed by atoms with Crippen LogP contribution >= 0.6 is 23.2 Å². The van der Waals surface area contributed by atoms with Crippen LogP contribution in [-0.2, 0) is 19.7 Å². The van der Waals surface area contributed by atoms with Crippen molar-refractivity contribution >= 4 is 39.5 Å². The number of halogens is 2. The lowest BCUT2D eigenvalue weighted by atomic mass is 10.0. The smallest absolute Gasteiger partial charge is 0.410 e. The van der Waals surface area contributed by atoms with Crippen molar-refractivity contribution in [3.05, 3.63) is 33.8 Å². The van der Waals surface area contributed by atoms with Crippen molar-refractivity contribution in [2.75, 3.05) is 26.7 Å². The molecule has 0 bridgehead atoms. The van der Waals surface area contributed by atoms with Gasteiger partial charge in [0.1, 0.15) is 11.7 Å². The van der Waals surface area contributed by atoms with E-state index in [1.165, 1.54) is 11.9 Å². The number of carbonyl (C=O) groups excluding carboxylic acids is 1. The van der Waals surface area contributed by atoms with Gasteiger partial charge in [0, 0.05) is 20.1 Å². The number of hydrogen-bond acceptors (Lipinski definition) is 5. The van der Waals surface area contributed by atoms with Crippen LogP contribution in [0, 0.1) is 0 Å². The standard InChI is InChI=1S/C17H25Cl2N3O5S/c1-17(2,3)27-16(23)22-7-8-26-15(11-5-6-12(18)13(19)9-11)14(10-22)21-28(24,25)20-4/h5-6,9,14-15,20-21H,7-8,10H2,1-4H3/t14-,15+/m1/s1. The lowest BCUT2D eigenvalue weighted by Gasteiger charge is -2.30. The van der Waals surface area contributed by atoms with E-state index in [0.29, 0.717) is 15.6 Å². The Morgan fingerprint density at radius 2 is 1.96 bits per heavy atom. The highest BCUT2D eigenvalue weighted by Gasteiger charge is 2.35. The fourth-order valence-electron chi connectivity index (χ4n) is 2.70. The number of hydrogen-bond donors (Lipinski definition) is 2. The molecule has 158 valence electrons. The van der Waals surface area contributed by atoms with Crippen molar-refractivity contribution in [1.82, 2.24) is 14.3 Å². The SMILES string of the molecule is CNS(=O)(=O)N[C@@H]1CN(C(=O)OC(C)(C)C)CCO[C@H]1c1ccc(Cl)c(Cl)c1. The summed E-state index contributed by atoms with van der Waals surface area (Å²) in [6.45, 7) is 5.80. The van der Waals surface area contributed by atoms with Crippen LogP contribution in [0.1, 0.15) is 32.4 Å². The fourth-order valence-corrected chi connectivity index (χ4v) is 3.72. The first kappa shape index (κ1) is 23.2. The summed E-state index contributed by atoms with van der Waals surface area (Å²) in [5, 5.41) is 0.702. The molecule has 0 radical (unpaired) electrons. The van der Waals surface area contributed by atoms with Crippen LogP contribution in [0.15, 0.2) is 18.2 Å². The number of ether oxygens (including phenoxy) is 2. The van der Waals surface area contributed by atoms with E-state index in [2.05, 4.69) is 9.44 Å². The first-order valence-electron chi connectivity index (χ1n) is 8.67. The van der Waals surface area contributed by atoms with E-state index in [9.17, 15) is 13.2 Å². The summed E-state index contributed by atoms with van der Waals surface area (Å²) in [6.07, 6.45) is -1.22. The monoisotopic (exact) mass is 453 g/mol. The van der Waals surface area contributed by atoms with Crippen molar-refractivity contribution in [2.24, 2.45) is 0 Å². The van der Waals surface area contributed by atoms with Gasteiger partial charge < -0.3 is 14.4 Å². The molecule has 0 spiro atoms. The molecule has 28 heavy (non-hydrogen) atoms. The van der Waals surface area contributed by atoms with Crippen molar-refractivity contribution < 1.29 is 22.7 Å². The Labute approximate surface area is 175 Å². The normalized spacial score (nSPS) is 21.3. The van der Waals surface area contributed by atoms with Gasteiger partial charge in [0.15, 0.2) is 0 Å². The molecule has 0 unspecified atom stereocenters. The molecule has 1 aliphatic rings. The van der Waals surface area contributed by atoms with Gasteiger partial charge in [-0.15, -0.1) is 0 Å². The van der Waals surface area contributed by atoms with E-state index in [1.54, 1.807) is 39.0 Å². The minimum absolute atomic E-state index is 0.0563. The van der Waals surface area contributed by atoms with Gasteiger partial charge in [0.25, 0.3) is 10.2 Å². The molecule has 0 aliphatic carbocycles. The highest BCUT2D eigenvalue weighted by molar-refractivity contribution is 7.87. The van der Waals surface area contributed by atoms with Crippen LogP contribution in [0.4, 0.5) is 4.79 Å². The highest BCUT2D eigenvalue weighted by atomic mass is 35.5. The van der Waals surface area contributed by atoms with Crippen molar-refractivity contribution in [3.8, 4) is 0 Å². The highest BCUT2D eigenvalue weighted by Crippen LogP contribution is 2.31. The average molecular weight is 454 g/mol. The topological polar surface area (TPSA) is 97.0 Å². The molecular formula is C17H25Cl2N3O5S. The van der Waals surface area contributed by atoms with E-state index in [4.69, 9.17) is 32.7 Å². The van der Waals surface area contributed by atoms with Crippen LogP contribution in [-0.4, -0.2) is 57.8 Å². The Morgan fingerprint density at radius 1 is 1.29 bits per heavy atom. The average Bonchev–Trinajstić information content (AvgIpc) is 2.78. The molecule has 2 rings (SSSR count). The third kappa shape index (κ3) is 6.47. The number of amides is 1. The molecule has 2 atom stereocenters. The van der Waals surface area contributed by atoms with E-state index in [0.717, 1.165) is 0 Å². The zero-order valence-electron chi connectivity index (χ0n) is 16.2. The molecule has 1 fully saturated rings. The van der Waals surface area contributed by atoms with Gasteiger partial charge in [-0.2, -0.15) is 13.1 Å². The van der Waals surface area contributed by atoms with Crippen molar-refractivity contribution in [3.63, 3.8) is 0 Å². The Balaban J connectivity index is 2.33. The summed E-state index contributed by atoms with van der Waals surface area (Å²) in [4.78, 5) is 13.9. The molecule has 1 amide bonds. The van der Waals surface area contributed by atoms with Gasteiger partial charge in [-0.1, -0.05) is 29.3 Å². The minimum atomic E-state index is -3.80. The summed E-state index contributed by atoms with van der Waals surface area (Å²) in [6, 6.07) is 4.17. The number of carbonyl (C=O) groups is 1. The predicted octanol–water partition coefficient (Wildman–Crippen LogP) is 2.72. The number of nitrogens with zero attached hydrogens (tertiary/aromatic N) is 1. The predicted molar refractivity (Wildman–Crippen MR) is 108 cm³/mol. The van der Waals surface area contributed by atoms with Gasteiger partial charge >= 0.3 is 6.09 Å². The molecule has 0 saturated carbocycles. The van der Waals surface area contributed by atoms with Crippen LogP contribution in [0.3, 0.4) is 0 Å². The third-order valence-corrected chi connectivity index (χ3v) is 5.83. The van der Waals surface area contributed by atoms with Gasteiger partial charge in [0.2, 0.25) is 0 Å². The van der Waals surface area contributed by atoms with E-state index in [-0.39, 0.29) is 19.7 Å². The van der Waals surface area contributed by atoms with Gasteiger partial charge in [-0.3, -0.25) is 0 Å². The van der Waals surface area contributed by atoms with Crippen LogP contribution in [0.25, 0.3) is 0 Å². The Morgan fingerprint density at radius 3 is 2.54 bits per heavy atom. The Bertz CT molecular complexity index is 814. The number of nitrogens with one attached hydrogen (secondary N) is 2. The molecule has 1 saturated heterocycles. The minimum Gasteiger partial charge on any atom is -0.444 e. The van der Waals surface area contributed by atoms with Gasteiger partial charge in [0.05, 0.1) is 22.7 Å². The molecule has 11 heteroatoms. The van der Waals surface area contributed by atoms with Crippen LogP contribution in [0.2, 0.25) is 10.0 Å². The molecule has 8 nitrogen and oxygen atoms in total. The quantitative estimate of drug-likeness (QED) is 0.730. The maximum absolute atomic E-state index is 12.5. The second-order valence-electron chi connectivity index (χ2n) is 7.32. The Hall–Kier alpha value is -1.10. The third-order valence-electron chi connectivity index (χ3n) is 3.94. The first-order valence-corrected chi connectivity index (χ1v) is 10.9. The summed E-state index contributed by atoms with van der Waals surface area (Å²) in [7, 11) is -2.51. The zero-order chi connectivity index (χ0) is 21.1. The Kier molecular flexibility index (Phi) is 7.57. The van der Waals surface area contributed by atoms with E-state index in [1.807, 2.05) is 0 Å². The van der Waals surface area contributed by atoms with Crippen molar-refractivity contribution in [1.29, 1.82) is 0 Å². The molecule has 0 aromatic heterocycles. The van der Waals surface area contributed by atoms with Gasteiger partial charge in [-0.05, 0) is 38.5 Å². The molecule has 1 heterocycles. The van der Waals surface area contributed by atoms with Crippen LogP contribution in [0.5, 0.6) is 0 Å². The molecule has 1 aromatic rings. The van der Waals surface area contributed by atoms with E-state index < -0.39 is 34.0 Å². The fraction of sp³-hybridized carbons (Fsp3) is 0.588. The van der Waals surface area contributed by atoms with Gasteiger partial charge in [-0.25, -0.2) is 9.52 Å². The zero-order valence-corrected chi connectivity index (χ0v) is 18.5. The van der Waals surface area contributed by atoms with Crippen molar-refractivity contribution in [2.45, 2.75) is 38.5 Å². The molecule has 1 aliphatic heterocycles.